The summed E-state index contributed by atoms with van der Waals surface area (Å²) in [7, 11) is -4.35. The van der Waals surface area contributed by atoms with Crippen LogP contribution in [-0.2, 0) is 21.9 Å². The number of aliphatic carboxylic acids is 1. The quantitative estimate of drug-likeness (QED) is 0.810. The second kappa shape index (κ2) is 4.57. The van der Waals surface area contributed by atoms with Crippen molar-refractivity contribution in [1.29, 1.82) is 0 Å². The number of nitrogens with one attached hydrogen (secondary N) is 1. The molecule has 11 heteroatoms. The predicted octanol–water partition coefficient (Wildman–Crippen LogP) is -0.0150. The Hall–Kier alpha value is -1.62. The van der Waals surface area contributed by atoms with Crippen LogP contribution in [0, 0.1) is 0 Å². The van der Waals surface area contributed by atoms with Crippen LogP contribution >= 0.6 is 0 Å². The number of nitrogens with zero attached hydrogens (tertiary/aromatic N) is 2. The minimum Gasteiger partial charge on any atom is -0.480 e. The van der Waals surface area contributed by atoms with Crippen molar-refractivity contribution in [2.24, 2.45) is 7.05 Å². The second-order valence-electron chi connectivity index (χ2n) is 3.29. The van der Waals surface area contributed by atoms with Gasteiger partial charge in [0.25, 0.3) is 0 Å². The van der Waals surface area contributed by atoms with Gasteiger partial charge in [0.15, 0.2) is 0 Å². The van der Waals surface area contributed by atoms with Crippen molar-refractivity contribution in [2.45, 2.75) is 11.6 Å². The Bertz CT molecular complexity index is 551. The highest BCUT2D eigenvalue weighted by Gasteiger charge is 2.48. The number of carboxylic acid groups (broad SMARTS) is 1. The fourth-order valence-corrected chi connectivity index (χ4v) is 1.75. The van der Waals surface area contributed by atoms with Crippen molar-refractivity contribution >= 4 is 16.0 Å². The molecule has 7 nitrogen and oxygen atoms in total. The van der Waals surface area contributed by atoms with Gasteiger partial charge in [0.05, 0.1) is 6.20 Å². The van der Waals surface area contributed by atoms with Gasteiger partial charge in [-0.2, -0.15) is 23.0 Å². The van der Waals surface area contributed by atoms with Crippen molar-refractivity contribution in [2.75, 3.05) is 0 Å². The van der Waals surface area contributed by atoms with E-state index in [4.69, 9.17) is 5.11 Å². The third-order valence-electron chi connectivity index (χ3n) is 1.88. The maximum Gasteiger partial charge on any atom is 0.511 e. The topological polar surface area (TPSA) is 101 Å². The van der Waals surface area contributed by atoms with Gasteiger partial charge < -0.3 is 5.11 Å². The molecule has 2 N–H and O–H groups in total. The van der Waals surface area contributed by atoms with Crippen LogP contribution in [0.2, 0.25) is 0 Å². The third kappa shape index (κ3) is 2.98. The van der Waals surface area contributed by atoms with Gasteiger partial charge in [-0.05, 0) is 0 Å². The first-order chi connectivity index (χ1) is 8.04. The van der Waals surface area contributed by atoms with Crippen LogP contribution in [0.5, 0.6) is 0 Å². The van der Waals surface area contributed by atoms with Gasteiger partial charge in [-0.25, -0.2) is 8.42 Å². The Morgan fingerprint density at radius 1 is 1.56 bits per heavy atom. The van der Waals surface area contributed by atoms with Gasteiger partial charge >= 0.3 is 21.5 Å². The zero-order chi connectivity index (χ0) is 14.1. The summed E-state index contributed by atoms with van der Waals surface area (Å²) in [5, 5.41) is 12.3. The van der Waals surface area contributed by atoms with Crippen molar-refractivity contribution in [3.63, 3.8) is 0 Å². The molecular weight excluding hydrogens is 279 g/mol. The molecule has 0 aliphatic heterocycles. The SMILES string of the molecule is Cn1cc(C(NS(=O)(=O)C(F)(F)F)C(=O)O)cn1. The number of carboxylic acids is 1. The van der Waals surface area contributed by atoms with E-state index in [-0.39, 0.29) is 5.56 Å². The van der Waals surface area contributed by atoms with E-state index in [1.807, 2.05) is 0 Å². The first-order valence-electron chi connectivity index (χ1n) is 4.34. The number of aromatic nitrogens is 2. The third-order valence-corrected chi connectivity index (χ3v) is 3.04. The van der Waals surface area contributed by atoms with E-state index in [2.05, 4.69) is 5.10 Å². The van der Waals surface area contributed by atoms with Crippen molar-refractivity contribution in [3.05, 3.63) is 18.0 Å². The summed E-state index contributed by atoms with van der Waals surface area (Å²) < 4.78 is 60.2. The van der Waals surface area contributed by atoms with Crippen molar-refractivity contribution in [3.8, 4) is 0 Å². The maximum atomic E-state index is 12.1. The van der Waals surface area contributed by atoms with Crippen LogP contribution in [-0.4, -0.2) is 34.8 Å². The lowest BCUT2D eigenvalue weighted by Crippen LogP contribution is -2.41. The molecular formula is C7H8F3N3O4S. The molecule has 102 valence electrons. The van der Waals surface area contributed by atoms with Crippen LogP contribution < -0.4 is 4.72 Å². The monoisotopic (exact) mass is 287 g/mol. The number of alkyl halides is 3. The lowest BCUT2D eigenvalue weighted by Gasteiger charge is -2.14. The summed E-state index contributed by atoms with van der Waals surface area (Å²) in [6.07, 6.45) is 2.05. The molecule has 1 aromatic rings. The molecule has 0 aliphatic carbocycles. The van der Waals surface area contributed by atoms with Crippen LogP contribution in [0.25, 0.3) is 0 Å². The van der Waals surface area contributed by atoms with Gasteiger partial charge in [-0.1, -0.05) is 0 Å². The summed E-state index contributed by atoms with van der Waals surface area (Å²) in [4.78, 5) is 10.8. The van der Waals surface area contributed by atoms with E-state index in [0.717, 1.165) is 21.8 Å². The standard InChI is InChI=1S/C7H8F3N3O4S/c1-13-3-4(2-11-13)5(6(14)15)12-18(16,17)7(8,9)10/h2-3,5,12H,1H3,(H,14,15). The van der Waals surface area contributed by atoms with Gasteiger partial charge in [0.1, 0.15) is 6.04 Å². The lowest BCUT2D eigenvalue weighted by atomic mass is 10.2. The van der Waals surface area contributed by atoms with Crippen LogP contribution in [0.3, 0.4) is 0 Å². The summed E-state index contributed by atoms with van der Waals surface area (Å²) in [6, 6.07) is -2.05. The van der Waals surface area contributed by atoms with Gasteiger partial charge in [-0.15, -0.1) is 0 Å². The first kappa shape index (κ1) is 14.4. The minimum absolute atomic E-state index is 0.210. The number of halogens is 3. The summed E-state index contributed by atoms with van der Waals surface area (Å²) >= 11 is 0. The molecule has 1 heterocycles. The number of carbonyl (C=O) groups is 1. The second-order valence-corrected chi connectivity index (χ2v) is 4.99. The summed E-state index contributed by atoms with van der Waals surface area (Å²) in [6.45, 7) is 0. The largest absolute Gasteiger partial charge is 0.511 e. The maximum absolute atomic E-state index is 12.1. The molecule has 0 bridgehead atoms. The van der Waals surface area contributed by atoms with E-state index in [0.29, 0.717) is 0 Å². The predicted molar refractivity (Wildman–Crippen MR) is 51.7 cm³/mol. The van der Waals surface area contributed by atoms with E-state index in [1.54, 1.807) is 0 Å². The summed E-state index contributed by atoms with van der Waals surface area (Å²) in [5.74, 6) is -1.77. The molecule has 1 rings (SSSR count). The molecule has 0 saturated carbocycles. The fraction of sp³-hybridized carbons (Fsp3) is 0.429. The molecule has 0 spiro atoms. The smallest absolute Gasteiger partial charge is 0.480 e. The van der Waals surface area contributed by atoms with Crippen molar-refractivity contribution in [1.82, 2.24) is 14.5 Å². The van der Waals surface area contributed by atoms with E-state index < -0.39 is 27.5 Å². The molecule has 0 amide bonds. The normalized spacial score (nSPS) is 14.4. The Morgan fingerprint density at radius 2 is 2.11 bits per heavy atom. The highest BCUT2D eigenvalue weighted by Crippen LogP contribution is 2.24. The van der Waals surface area contributed by atoms with E-state index >= 15 is 0 Å². The van der Waals surface area contributed by atoms with Gasteiger partial charge in [-0.3, -0.25) is 9.48 Å². The number of sulfonamides is 1. The highest BCUT2D eigenvalue weighted by molar-refractivity contribution is 7.90. The average molecular weight is 287 g/mol. The van der Waals surface area contributed by atoms with Crippen LogP contribution in [0.4, 0.5) is 13.2 Å². The molecule has 0 fully saturated rings. The zero-order valence-electron chi connectivity index (χ0n) is 8.84. The number of hydrogen-bond donors (Lipinski definition) is 2. The molecule has 0 aliphatic rings. The molecule has 1 atom stereocenters. The molecule has 1 aromatic heterocycles. The Balaban J connectivity index is 3.07. The van der Waals surface area contributed by atoms with Crippen LogP contribution in [0.15, 0.2) is 12.4 Å². The number of aryl methyl sites for hydroxylation is 1. The van der Waals surface area contributed by atoms with E-state index in [1.165, 1.54) is 7.05 Å². The molecule has 1 unspecified atom stereocenters. The Labute approximate surface area is 99.3 Å². The number of hydrogen-bond acceptors (Lipinski definition) is 4. The Kier molecular flexibility index (Phi) is 3.67. The van der Waals surface area contributed by atoms with Crippen LogP contribution in [0.1, 0.15) is 11.6 Å². The number of rotatable bonds is 4. The molecule has 0 aromatic carbocycles. The molecule has 0 radical (unpaired) electrons. The first-order valence-corrected chi connectivity index (χ1v) is 5.83. The zero-order valence-corrected chi connectivity index (χ0v) is 9.66. The lowest BCUT2D eigenvalue weighted by molar-refractivity contribution is -0.139. The fourth-order valence-electron chi connectivity index (χ4n) is 1.07. The molecule has 18 heavy (non-hydrogen) atoms. The Morgan fingerprint density at radius 3 is 2.44 bits per heavy atom. The molecule has 0 saturated heterocycles. The minimum atomic E-state index is -5.75. The van der Waals surface area contributed by atoms with Crippen molar-refractivity contribution < 1.29 is 31.5 Å². The van der Waals surface area contributed by atoms with Gasteiger partial charge in [0.2, 0.25) is 0 Å². The average Bonchev–Trinajstić information content (AvgIpc) is 2.59. The van der Waals surface area contributed by atoms with E-state index in [9.17, 15) is 26.4 Å². The van der Waals surface area contributed by atoms with Gasteiger partial charge in [0, 0.05) is 18.8 Å². The summed E-state index contributed by atoms with van der Waals surface area (Å²) in [5.41, 5.74) is -5.79. The highest BCUT2D eigenvalue weighted by atomic mass is 32.2.